The number of hydrogen-bond donors (Lipinski definition) is 1. The molecule has 3 nitrogen and oxygen atoms in total. The molecule has 0 radical (unpaired) electrons. The zero-order valence-corrected chi connectivity index (χ0v) is 11.7. The van der Waals surface area contributed by atoms with E-state index in [0.717, 1.165) is 19.0 Å². The van der Waals surface area contributed by atoms with Gasteiger partial charge in [-0.3, -0.25) is 0 Å². The first-order valence-corrected chi connectivity index (χ1v) is 6.56. The molecule has 1 aromatic rings. The maximum absolute atomic E-state index is 5.49. The second-order valence-electron chi connectivity index (χ2n) is 5.41. The minimum absolute atomic E-state index is 0.0123. The van der Waals surface area contributed by atoms with Gasteiger partial charge in [-0.15, -0.1) is 0 Å². The average molecular weight is 249 g/mol. The number of ether oxygens (including phenoxy) is 2. The quantitative estimate of drug-likeness (QED) is 0.869. The van der Waals surface area contributed by atoms with Crippen molar-refractivity contribution in [3.63, 3.8) is 0 Å². The van der Waals surface area contributed by atoms with E-state index in [2.05, 4.69) is 31.3 Å². The van der Waals surface area contributed by atoms with E-state index in [4.69, 9.17) is 9.47 Å². The van der Waals surface area contributed by atoms with E-state index in [-0.39, 0.29) is 11.0 Å². The summed E-state index contributed by atoms with van der Waals surface area (Å²) >= 11 is 0. The van der Waals surface area contributed by atoms with Gasteiger partial charge in [-0.25, -0.2) is 0 Å². The first kappa shape index (κ1) is 13.4. The summed E-state index contributed by atoms with van der Waals surface area (Å²) in [7, 11) is 2.01. The molecule has 0 bridgehead atoms. The van der Waals surface area contributed by atoms with Gasteiger partial charge < -0.3 is 14.8 Å². The highest BCUT2D eigenvalue weighted by molar-refractivity contribution is 5.37. The van der Waals surface area contributed by atoms with Crippen molar-refractivity contribution in [1.82, 2.24) is 5.32 Å². The molecule has 0 amide bonds. The van der Waals surface area contributed by atoms with Crippen LogP contribution in [0, 0.1) is 0 Å². The summed E-state index contributed by atoms with van der Waals surface area (Å²) in [5.74, 6) is 0.930. The summed E-state index contributed by atoms with van der Waals surface area (Å²) < 4.78 is 11.0. The predicted octanol–water partition coefficient (Wildman–Crippen LogP) is 2.35. The van der Waals surface area contributed by atoms with Crippen molar-refractivity contribution >= 4 is 0 Å². The number of benzene rings is 1. The molecule has 0 unspecified atom stereocenters. The molecule has 1 aliphatic heterocycles. The van der Waals surface area contributed by atoms with Crippen LogP contribution in [-0.2, 0) is 10.2 Å². The van der Waals surface area contributed by atoms with E-state index in [0.29, 0.717) is 6.61 Å². The van der Waals surface area contributed by atoms with Crippen molar-refractivity contribution in [2.75, 3.05) is 26.9 Å². The molecule has 100 valence electrons. The molecule has 0 spiro atoms. The van der Waals surface area contributed by atoms with Crippen LogP contribution in [0.3, 0.4) is 0 Å². The topological polar surface area (TPSA) is 30.5 Å². The van der Waals surface area contributed by atoms with Crippen LogP contribution in [0.5, 0.6) is 5.75 Å². The molecule has 1 aliphatic rings. The summed E-state index contributed by atoms with van der Waals surface area (Å²) in [5, 5.41) is 3.41. The van der Waals surface area contributed by atoms with Crippen LogP contribution in [0.15, 0.2) is 24.3 Å². The molecule has 0 aliphatic carbocycles. The van der Waals surface area contributed by atoms with Gasteiger partial charge in [0.2, 0.25) is 0 Å². The van der Waals surface area contributed by atoms with Gasteiger partial charge in [-0.1, -0.05) is 12.1 Å². The fraction of sp³-hybridized carbons (Fsp3) is 0.600. The lowest BCUT2D eigenvalue weighted by Gasteiger charge is -2.52. The Balaban J connectivity index is 2.28. The second kappa shape index (κ2) is 4.90. The third-order valence-corrected chi connectivity index (χ3v) is 4.24. The van der Waals surface area contributed by atoms with Gasteiger partial charge in [-0.2, -0.15) is 0 Å². The first-order chi connectivity index (χ1) is 8.55. The molecule has 1 heterocycles. The van der Waals surface area contributed by atoms with Gasteiger partial charge in [0.05, 0.1) is 25.2 Å². The molecular formula is C15H23NO2. The molecular weight excluding hydrogens is 226 g/mol. The maximum Gasteiger partial charge on any atom is 0.119 e. The average Bonchev–Trinajstić information content (AvgIpc) is 2.30. The van der Waals surface area contributed by atoms with Crippen LogP contribution in [0.1, 0.15) is 26.3 Å². The molecule has 1 saturated heterocycles. The summed E-state index contributed by atoms with van der Waals surface area (Å²) in [5.41, 5.74) is 1.39. The van der Waals surface area contributed by atoms with Crippen LogP contribution in [0.4, 0.5) is 0 Å². The van der Waals surface area contributed by atoms with Crippen molar-refractivity contribution < 1.29 is 9.47 Å². The van der Waals surface area contributed by atoms with Gasteiger partial charge >= 0.3 is 0 Å². The Morgan fingerprint density at radius 3 is 2.28 bits per heavy atom. The van der Waals surface area contributed by atoms with Gasteiger partial charge in [0.25, 0.3) is 0 Å². The van der Waals surface area contributed by atoms with E-state index in [9.17, 15) is 0 Å². The molecule has 18 heavy (non-hydrogen) atoms. The Kier molecular flexibility index (Phi) is 3.64. The lowest BCUT2D eigenvalue weighted by atomic mass is 9.65. The Morgan fingerprint density at radius 2 is 1.89 bits per heavy atom. The third kappa shape index (κ3) is 2.02. The molecule has 1 aromatic carbocycles. The molecule has 3 heteroatoms. The largest absolute Gasteiger partial charge is 0.494 e. The molecule has 2 rings (SSSR count). The van der Waals surface area contributed by atoms with Gasteiger partial charge in [0, 0.05) is 5.54 Å². The SMILES string of the molecule is CCOc1ccc(C2(C(C)(C)NC)COC2)cc1. The fourth-order valence-corrected chi connectivity index (χ4v) is 2.47. The van der Waals surface area contributed by atoms with Crippen molar-refractivity contribution in [3.8, 4) is 5.75 Å². The van der Waals surface area contributed by atoms with Crippen LogP contribution in [-0.4, -0.2) is 32.4 Å². The van der Waals surface area contributed by atoms with Crippen LogP contribution < -0.4 is 10.1 Å². The smallest absolute Gasteiger partial charge is 0.119 e. The summed E-state index contributed by atoms with van der Waals surface area (Å²) in [4.78, 5) is 0. The maximum atomic E-state index is 5.49. The van der Waals surface area contributed by atoms with Gasteiger partial charge in [0.1, 0.15) is 5.75 Å². The minimum atomic E-state index is 0.0123. The normalized spacial score (nSPS) is 18.2. The Labute approximate surface area is 109 Å². The van der Waals surface area contributed by atoms with Crippen molar-refractivity contribution in [3.05, 3.63) is 29.8 Å². The van der Waals surface area contributed by atoms with Crippen molar-refractivity contribution in [1.29, 1.82) is 0 Å². The summed E-state index contributed by atoms with van der Waals surface area (Å²) in [6.07, 6.45) is 0. The number of rotatable bonds is 5. The zero-order chi connectivity index (χ0) is 13.2. The molecule has 1 fully saturated rings. The predicted molar refractivity (Wildman–Crippen MR) is 73.2 cm³/mol. The van der Waals surface area contributed by atoms with Gasteiger partial charge in [-0.05, 0) is 45.5 Å². The van der Waals surface area contributed by atoms with Crippen molar-refractivity contribution in [2.24, 2.45) is 0 Å². The van der Waals surface area contributed by atoms with Crippen molar-refractivity contribution in [2.45, 2.75) is 31.7 Å². The van der Waals surface area contributed by atoms with Gasteiger partial charge in [0.15, 0.2) is 0 Å². The lowest BCUT2D eigenvalue weighted by Crippen LogP contribution is -2.65. The summed E-state index contributed by atoms with van der Waals surface area (Å²) in [6, 6.07) is 8.41. The Morgan fingerprint density at radius 1 is 1.28 bits per heavy atom. The highest BCUT2D eigenvalue weighted by atomic mass is 16.5. The van der Waals surface area contributed by atoms with E-state index in [1.807, 2.05) is 26.1 Å². The molecule has 0 saturated carbocycles. The number of likely N-dealkylation sites (N-methyl/N-ethyl adjacent to an activating group) is 1. The van der Waals surface area contributed by atoms with E-state index in [1.165, 1.54) is 5.56 Å². The number of hydrogen-bond acceptors (Lipinski definition) is 3. The highest BCUT2D eigenvalue weighted by Crippen LogP contribution is 2.42. The van der Waals surface area contributed by atoms with Crippen LogP contribution in [0.25, 0.3) is 0 Å². The fourth-order valence-electron chi connectivity index (χ4n) is 2.47. The Hall–Kier alpha value is -1.06. The molecule has 0 aromatic heterocycles. The van der Waals surface area contributed by atoms with Crippen LogP contribution >= 0.6 is 0 Å². The first-order valence-electron chi connectivity index (χ1n) is 6.56. The second-order valence-corrected chi connectivity index (χ2v) is 5.41. The summed E-state index contributed by atoms with van der Waals surface area (Å²) in [6.45, 7) is 8.70. The monoisotopic (exact) mass is 249 g/mol. The number of nitrogens with one attached hydrogen (secondary N) is 1. The third-order valence-electron chi connectivity index (χ3n) is 4.24. The standard InChI is InChI=1S/C15H23NO2/c1-5-18-13-8-6-12(7-9-13)15(10-17-11-15)14(2,3)16-4/h6-9,16H,5,10-11H2,1-4H3. The van der Waals surface area contributed by atoms with Crippen LogP contribution in [0.2, 0.25) is 0 Å². The minimum Gasteiger partial charge on any atom is -0.494 e. The lowest BCUT2D eigenvalue weighted by molar-refractivity contribution is -0.0991. The molecule has 0 atom stereocenters. The van der Waals surface area contributed by atoms with E-state index in [1.54, 1.807) is 0 Å². The highest BCUT2D eigenvalue weighted by Gasteiger charge is 2.51. The van der Waals surface area contributed by atoms with E-state index >= 15 is 0 Å². The Bertz CT molecular complexity index is 393. The van der Waals surface area contributed by atoms with E-state index < -0.39 is 0 Å². The molecule has 1 N–H and O–H groups in total. The zero-order valence-electron chi connectivity index (χ0n) is 11.7.